The van der Waals surface area contributed by atoms with E-state index in [-0.39, 0.29) is 16.7 Å². The van der Waals surface area contributed by atoms with Crippen molar-refractivity contribution in [3.05, 3.63) is 65.7 Å². The number of rotatable bonds is 8. The van der Waals surface area contributed by atoms with Gasteiger partial charge in [0.05, 0.1) is 4.90 Å². The van der Waals surface area contributed by atoms with E-state index in [0.717, 1.165) is 9.87 Å². The fourth-order valence-corrected chi connectivity index (χ4v) is 4.48. The molecule has 0 radical (unpaired) electrons. The van der Waals surface area contributed by atoms with Crippen LogP contribution in [0.15, 0.2) is 59.5 Å². The number of aryl methyl sites for hydroxylation is 1. The second kappa shape index (κ2) is 10.1. The van der Waals surface area contributed by atoms with Gasteiger partial charge in [-0.05, 0) is 63.4 Å². The van der Waals surface area contributed by atoms with Crippen molar-refractivity contribution in [2.24, 2.45) is 0 Å². The predicted octanol–water partition coefficient (Wildman–Crippen LogP) is 2.58. The van der Waals surface area contributed by atoms with E-state index in [4.69, 9.17) is 0 Å². The summed E-state index contributed by atoms with van der Waals surface area (Å²) in [6.45, 7) is 5.56. The predicted molar refractivity (Wildman–Crippen MR) is 121 cm³/mol. The summed E-state index contributed by atoms with van der Waals surface area (Å²) in [5.74, 6) is -0.654. The highest BCUT2D eigenvalue weighted by molar-refractivity contribution is 7.89. The summed E-state index contributed by atoms with van der Waals surface area (Å²) >= 11 is 0. The number of benzene rings is 2. The number of carbonyl (C=O) groups is 2. The molecule has 7 nitrogen and oxygen atoms in total. The molecule has 0 spiro atoms. The molecule has 0 aliphatic carbocycles. The highest BCUT2D eigenvalue weighted by atomic mass is 32.2. The maximum Gasteiger partial charge on any atom is 0.251 e. The molecule has 2 N–H and O–H groups in total. The molecule has 2 aromatic carbocycles. The minimum Gasteiger partial charge on any atom is -0.355 e. The number of carbonyl (C=O) groups excluding carboxylic acids is 2. The van der Waals surface area contributed by atoms with Crippen LogP contribution in [0.1, 0.15) is 43.1 Å². The Morgan fingerprint density at radius 1 is 1.00 bits per heavy atom. The topological polar surface area (TPSA) is 95.6 Å². The van der Waals surface area contributed by atoms with Gasteiger partial charge < -0.3 is 10.6 Å². The summed E-state index contributed by atoms with van der Waals surface area (Å²) in [7, 11) is -1.03. The number of hydrogen-bond donors (Lipinski definition) is 2. The highest BCUT2D eigenvalue weighted by Gasteiger charge is 2.34. The van der Waals surface area contributed by atoms with Crippen molar-refractivity contribution in [3.8, 4) is 0 Å². The van der Waals surface area contributed by atoms with Crippen LogP contribution in [0.4, 0.5) is 0 Å². The first-order chi connectivity index (χ1) is 14.5. The summed E-state index contributed by atoms with van der Waals surface area (Å²) in [6, 6.07) is 14.4. The molecule has 0 saturated heterocycles. The van der Waals surface area contributed by atoms with Crippen LogP contribution in [0.3, 0.4) is 0 Å². The van der Waals surface area contributed by atoms with Crippen LogP contribution in [0.5, 0.6) is 0 Å². The van der Waals surface area contributed by atoms with Gasteiger partial charge in [0, 0.05) is 25.2 Å². The van der Waals surface area contributed by atoms with Crippen molar-refractivity contribution in [3.63, 3.8) is 0 Å². The van der Waals surface area contributed by atoms with Gasteiger partial charge >= 0.3 is 0 Å². The second-order valence-electron chi connectivity index (χ2n) is 8.40. The Labute approximate surface area is 184 Å². The van der Waals surface area contributed by atoms with Crippen LogP contribution in [-0.4, -0.2) is 50.2 Å². The highest BCUT2D eigenvalue weighted by Crippen LogP contribution is 2.21. The summed E-state index contributed by atoms with van der Waals surface area (Å²) in [6.07, 6.45) is 0.885. The van der Waals surface area contributed by atoms with Gasteiger partial charge in [-0.3, -0.25) is 9.59 Å². The van der Waals surface area contributed by atoms with Gasteiger partial charge in [0.15, 0.2) is 0 Å². The number of amides is 2. The van der Waals surface area contributed by atoms with Crippen LogP contribution in [0.2, 0.25) is 0 Å². The Kier molecular flexibility index (Phi) is 7.97. The van der Waals surface area contributed by atoms with Gasteiger partial charge in [0.2, 0.25) is 15.9 Å². The molecule has 1 unspecified atom stereocenters. The second-order valence-corrected chi connectivity index (χ2v) is 10.4. The number of hydrogen-bond acceptors (Lipinski definition) is 4. The normalized spacial score (nSPS) is 13.0. The van der Waals surface area contributed by atoms with E-state index in [1.54, 1.807) is 0 Å². The SMILES string of the molecule is CNC(=O)c1ccc(S(=O)(=O)N(C)C(CCc2ccccc2)C(=O)NC(C)(C)C)cc1. The molecule has 2 amide bonds. The molecule has 2 aromatic rings. The van der Waals surface area contributed by atoms with Crippen molar-refractivity contribution in [1.29, 1.82) is 0 Å². The molecule has 0 aliphatic rings. The monoisotopic (exact) mass is 445 g/mol. The third-order valence-corrected chi connectivity index (χ3v) is 6.69. The Hall–Kier alpha value is -2.71. The Morgan fingerprint density at radius 3 is 2.10 bits per heavy atom. The van der Waals surface area contributed by atoms with Crippen LogP contribution in [0.25, 0.3) is 0 Å². The first kappa shape index (κ1) is 24.6. The van der Waals surface area contributed by atoms with E-state index < -0.39 is 21.6 Å². The zero-order valence-corrected chi connectivity index (χ0v) is 19.5. The summed E-state index contributed by atoms with van der Waals surface area (Å²) in [4.78, 5) is 24.8. The van der Waals surface area contributed by atoms with Gasteiger partial charge in [-0.25, -0.2) is 8.42 Å². The lowest BCUT2D eigenvalue weighted by Crippen LogP contribution is -2.52. The molecule has 0 aliphatic heterocycles. The minimum absolute atomic E-state index is 0.0240. The molecular weight excluding hydrogens is 414 g/mol. The quantitative estimate of drug-likeness (QED) is 0.653. The van der Waals surface area contributed by atoms with Crippen molar-refractivity contribution in [2.45, 2.75) is 50.1 Å². The summed E-state index contributed by atoms with van der Waals surface area (Å²) in [5, 5.41) is 5.39. The molecule has 1 atom stereocenters. The summed E-state index contributed by atoms with van der Waals surface area (Å²) < 4.78 is 27.6. The zero-order valence-electron chi connectivity index (χ0n) is 18.7. The number of sulfonamides is 1. The van der Waals surface area contributed by atoms with Gasteiger partial charge in [-0.1, -0.05) is 30.3 Å². The van der Waals surface area contributed by atoms with E-state index >= 15 is 0 Å². The first-order valence-corrected chi connectivity index (χ1v) is 11.6. The maximum absolute atomic E-state index is 13.3. The minimum atomic E-state index is -3.95. The number of nitrogens with zero attached hydrogens (tertiary/aromatic N) is 1. The van der Waals surface area contributed by atoms with Crippen molar-refractivity contribution >= 4 is 21.8 Å². The number of nitrogens with one attached hydrogen (secondary N) is 2. The van der Waals surface area contributed by atoms with Gasteiger partial charge in [0.1, 0.15) is 6.04 Å². The molecule has 168 valence electrons. The fraction of sp³-hybridized carbons (Fsp3) is 0.391. The smallest absolute Gasteiger partial charge is 0.251 e. The van der Waals surface area contributed by atoms with Crippen molar-refractivity contribution < 1.29 is 18.0 Å². The Morgan fingerprint density at radius 2 is 1.58 bits per heavy atom. The first-order valence-electron chi connectivity index (χ1n) is 10.1. The van der Waals surface area contributed by atoms with E-state index in [1.807, 2.05) is 51.1 Å². The van der Waals surface area contributed by atoms with E-state index in [9.17, 15) is 18.0 Å². The largest absolute Gasteiger partial charge is 0.355 e. The standard InChI is InChI=1S/C23H31N3O4S/c1-23(2,3)25-22(28)20(16-11-17-9-7-6-8-10-17)26(5)31(29,30)19-14-12-18(13-15-19)21(27)24-4/h6-10,12-15,20H,11,16H2,1-5H3,(H,24,27)(H,25,28). The van der Waals surface area contributed by atoms with E-state index in [0.29, 0.717) is 18.4 Å². The van der Waals surface area contributed by atoms with Gasteiger partial charge in [-0.2, -0.15) is 4.31 Å². The number of likely N-dealkylation sites (N-methyl/N-ethyl adjacent to an activating group) is 1. The molecule has 0 bridgehead atoms. The molecule has 0 heterocycles. The van der Waals surface area contributed by atoms with Gasteiger partial charge in [-0.15, -0.1) is 0 Å². The van der Waals surface area contributed by atoms with Crippen LogP contribution in [0, 0.1) is 0 Å². The lowest BCUT2D eigenvalue weighted by atomic mass is 10.0. The molecule has 0 saturated carbocycles. The lowest BCUT2D eigenvalue weighted by molar-refractivity contribution is -0.126. The van der Waals surface area contributed by atoms with E-state index in [2.05, 4.69) is 10.6 Å². The van der Waals surface area contributed by atoms with Crippen molar-refractivity contribution in [1.82, 2.24) is 14.9 Å². The fourth-order valence-electron chi connectivity index (χ4n) is 3.14. The third-order valence-electron chi connectivity index (χ3n) is 4.81. The van der Waals surface area contributed by atoms with Crippen molar-refractivity contribution in [2.75, 3.05) is 14.1 Å². The molecular formula is C23H31N3O4S. The lowest BCUT2D eigenvalue weighted by Gasteiger charge is -2.30. The van der Waals surface area contributed by atoms with Gasteiger partial charge in [0.25, 0.3) is 5.91 Å². The molecule has 0 aromatic heterocycles. The van der Waals surface area contributed by atoms with E-state index in [1.165, 1.54) is 38.4 Å². The Bertz CT molecular complexity index is 997. The molecule has 8 heteroatoms. The maximum atomic E-state index is 13.3. The Balaban J connectivity index is 2.31. The summed E-state index contributed by atoms with van der Waals surface area (Å²) in [5.41, 5.74) is 0.883. The van der Waals surface area contributed by atoms with Crippen LogP contribution >= 0.6 is 0 Å². The average molecular weight is 446 g/mol. The molecule has 31 heavy (non-hydrogen) atoms. The van der Waals surface area contributed by atoms with Crippen LogP contribution < -0.4 is 10.6 Å². The third kappa shape index (κ3) is 6.63. The molecule has 2 rings (SSSR count). The van der Waals surface area contributed by atoms with Crippen LogP contribution in [-0.2, 0) is 21.2 Å². The molecule has 0 fully saturated rings. The average Bonchev–Trinajstić information content (AvgIpc) is 2.72. The zero-order chi connectivity index (χ0) is 23.2.